The van der Waals surface area contributed by atoms with Crippen LogP contribution < -0.4 is 20.4 Å². The summed E-state index contributed by atoms with van der Waals surface area (Å²) in [4.78, 5) is 50.3. The van der Waals surface area contributed by atoms with Gasteiger partial charge in [0.1, 0.15) is 16.6 Å². The van der Waals surface area contributed by atoms with E-state index in [2.05, 4.69) is 30.7 Å². The summed E-state index contributed by atoms with van der Waals surface area (Å²) in [6, 6.07) is 14.8. The van der Waals surface area contributed by atoms with Crippen LogP contribution in [0.1, 0.15) is 59.4 Å². The average Bonchev–Trinajstić information content (AvgIpc) is 3.70. The number of carbonyl (C=O) groups is 3. The Bertz CT molecular complexity index is 2170. The van der Waals surface area contributed by atoms with Crippen molar-refractivity contribution in [2.75, 3.05) is 53.3 Å². The van der Waals surface area contributed by atoms with Gasteiger partial charge in [-0.3, -0.25) is 19.7 Å². The lowest BCUT2D eigenvalue weighted by Gasteiger charge is -2.53. The van der Waals surface area contributed by atoms with Crippen molar-refractivity contribution >= 4 is 62.7 Å². The number of benzene rings is 2. The topological polar surface area (TPSA) is 130 Å². The molecule has 11 nitrogen and oxygen atoms in total. The highest BCUT2D eigenvalue weighted by Gasteiger charge is 2.45. The molecule has 8 rings (SSSR count). The van der Waals surface area contributed by atoms with Gasteiger partial charge in [0.05, 0.1) is 16.1 Å². The van der Waals surface area contributed by atoms with Crippen molar-refractivity contribution in [2.45, 2.75) is 33.1 Å². The van der Waals surface area contributed by atoms with Crippen LogP contribution in [0.5, 0.6) is 0 Å². The Morgan fingerprint density at radius 3 is 2.45 bits per heavy atom. The quantitative estimate of drug-likeness (QED) is 0.197. The van der Waals surface area contributed by atoms with Crippen molar-refractivity contribution in [3.63, 3.8) is 0 Å². The van der Waals surface area contributed by atoms with Gasteiger partial charge in [0.25, 0.3) is 17.7 Å². The molecule has 0 unspecified atom stereocenters. The van der Waals surface area contributed by atoms with E-state index in [-0.39, 0.29) is 29.7 Å². The first-order chi connectivity index (χ1) is 24.6. The lowest BCUT2D eigenvalue weighted by molar-refractivity contribution is -0.000511. The summed E-state index contributed by atoms with van der Waals surface area (Å²) in [6.07, 6.45) is 4.28. The number of pyridine rings is 1. The number of carbonyl (C=O) groups excluding carboxylic acids is 3. The molecule has 6 heterocycles. The monoisotopic (exact) mass is 723 g/mol. The van der Waals surface area contributed by atoms with Crippen LogP contribution in [0.4, 0.5) is 26.7 Å². The van der Waals surface area contributed by atoms with Crippen molar-refractivity contribution in [3.8, 4) is 10.4 Å². The minimum absolute atomic E-state index is 0.227. The summed E-state index contributed by atoms with van der Waals surface area (Å²) < 4.78 is 20.2. The van der Waals surface area contributed by atoms with Crippen LogP contribution in [0.25, 0.3) is 10.4 Å². The van der Waals surface area contributed by atoms with Gasteiger partial charge in [0.2, 0.25) is 5.13 Å². The summed E-state index contributed by atoms with van der Waals surface area (Å²) in [5.74, 6) is -0.679. The highest BCUT2D eigenvalue weighted by molar-refractivity contribution is 7.18. The van der Waals surface area contributed by atoms with Crippen LogP contribution in [0.15, 0.2) is 60.8 Å². The first kappa shape index (κ1) is 33.1. The molecule has 1 spiro atoms. The van der Waals surface area contributed by atoms with E-state index in [4.69, 9.17) is 4.74 Å². The lowest BCUT2D eigenvalue weighted by Crippen LogP contribution is -2.59. The zero-order valence-electron chi connectivity index (χ0n) is 28.0. The van der Waals surface area contributed by atoms with Crippen LogP contribution in [0.2, 0.25) is 0 Å². The maximum Gasteiger partial charge on any atom is 0.267 e. The number of hydrogen-bond acceptors (Lipinski definition) is 10. The maximum absolute atomic E-state index is 14.7. The number of anilines is 4. The number of ether oxygens (including phenoxy) is 1. The lowest BCUT2D eigenvalue weighted by atomic mass is 9.73. The highest BCUT2D eigenvalue weighted by Crippen LogP contribution is 2.44. The number of fused-ring (bicyclic) bond motifs is 3. The second-order valence-corrected chi connectivity index (χ2v) is 15.5. The van der Waals surface area contributed by atoms with Crippen LogP contribution in [0.3, 0.4) is 0 Å². The Labute approximate surface area is 301 Å². The number of amides is 3. The maximum atomic E-state index is 14.7. The van der Waals surface area contributed by atoms with E-state index in [0.717, 1.165) is 60.2 Å². The fraction of sp³-hybridized carbons (Fsp3) is 0.297. The summed E-state index contributed by atoms with van der Waals surface area (Å²) in [5.41, 5.74) is 4.54. The largest absolute Gasteiger partial charge is 0.381 e. The summed E-state index contributed by atoms with van der Waals surface area (Å²) in [7, 11) is 0. The third-order valence-corrected chi connectivity index (χ3v) is 11.6. The summed E-state index contributed by atoms with van der Waals surface area (Å²) in [5, 5.41) is 14.9. The number of aromatic nitrogens is 3. The third-order valence-electron chi connectivity index (χ3n) is 9.67. The fourth-order valence-corrected chi connectivity index (χ4v) is 8.74. The van der Waals surface area contributed by atoms with E-state index in [9.17, 15) is 18.8 Å². The molecule has 2 aromatic carbocycles. The predicted octanol–water partition coefficient (Wildman–Crippen LogP) is 6.74. The Hall–Kier alpha value is -5.05. The Morgan fingerprint density at radius 2 is 1.71 bits per heavy atom. The molecule has 0 atom stereocenters. The second-order valence-electron chi connectivity index (χ2n) is 13.3. The molecule has 3 aliphatic heterocycles. The number of halogens is 1. The van der Waals surface area contributed by atoms with Gasteiger partial charge in [-0.25, -0.2) is 9.37 Å². The van der Waals surface area contributed by atoms with Crippen LogP contribution >= 0.6 is 22.7 Å². The van der Waals surface area contributed by atoms with Crippen molar-refractivity contribution in [1.29, 1.82) is 0 Å². The van der Waals surface area contributed by atoms with Crippen molar-refractivity contribution in [2.24, 2.45) is 5.41 Å². The summed E-state index contributed by atoms with van der Waals surface area (Å²) >= 11 is 2.58. The van der Waals surface area contributed by atoms with Crippen molar-refractivity contribution < 1.29 is 23.5 Å². The van der Waals surface area contributed by atoms with Gasteiger partial charge < -0.3 is 19.9 Å². The SMILES string of the molecule is Cc1cnc(N2CC3(CCOCC3)C2)c(C(=O)Nc2ccc(C(=O)N3CCc4cc(C(=O)Nc5nnc(C)s5)sc4-c4ccc(F)cc43)cc2)c1. The van der Waals surface area contributed by atoms with Gasteiger partial charge >= 0.3 is 0 Å². The van der Waals surface area contributed by atoms with E-state index < -0.39 is 5.82 Å². The smallest absolute Gasteiger partial charge is 0.267 e. The Balaban J connectivity index is 0.987. The molecule has 0 radical (unpaired) electrons. The molecule has 51 heavy (non-hydrogen) atoms. The number of rotatable bonds is 6. The number of nitrogens with zero attached hydrogens (tertiary/aromatic N) is 5. The van der Waals surface area contributed by atoms with E-state index >= 15 is 0 Å². The Kier molecular flexibility index (Phi) is 8.60. The molecule has 5 aromatic rings. The van der Waals surface area contributed by atoms with Gasteiger partial charge in [-0.1, -0.05) is 11.3 Å². The van der Waals surface area contributed by atoms with Gasteiger partial charge in [0.15, 0.2) is 0 Å². The first-order valence-electron chi connectivity index (χ1n) is 16.7. The molecule has 2 N–H and O–H groups in total. The Morgan fingerprint density at radius 1 is 0.922 bits per heavy atom. The molecular formula is C37H34FN7O4S2. The first-order valence-corrected chi connectivity index (χ1v) is 18.3. The standard InChI is InChI=1S/C37H34FN7O4S2/c1-21-15-28(32(39-18-21)44-19-37(20-44)10-13-49-14-11-37)33(46)40-26-6-3-23(4-7-26)35(48)45-12-9-24-16-30(34(47)41-36-43-42-22(2)50-36)51-31(24)27-8-5-25(38)17-29(27)45/h3-8,15-18H,9-14,19-20H2,1-2H3,(H,40,46)(H,41,43,47). The molecule has 3 aliphatic rings. The zero-order chi connectivity index (χ0) is 35.3. The zero-order valence-corrected chi connectivity index (χ0v) is 29.6. The minimum Gasteiger partial charge on any atom is -0.381 e. The van der Waals surface area contributed by atoms with Crippen LogP contribution in [-0.4, -0.2) is 65.8 Å². The number of nitrogens with one attached hydrogen (secondary N) is 2. The molecule has 260 valence electrons. The van der Waals surface area contributed by atoms with E-state index in [1.165, 1.54) is 34.8 Å². The third kappa shape index (κ3) is 6.50. The number of thiophene rings is 1. The second kappa shape index (κ2) is 13.2. The van der Waals surface area contributed by atoms with Gasteiger partial charge in [-0.2, -0.15) is 0 Å². The van der Waals surface area contributed by atoms with Gasteiger partial charge in [-0.05, 0) is 98.8 Å². The number of hydrogen-bond donors (Lipinski definition) is 2. The fourth-order valence-electron chi connectivity index (χ4n) is 7.01. The molecule has 2 fully saturated rings. The number of aryl methyl sites for hydroxylation is 2. The average molecular weight is 724 g/mol. The highest BCUT2D eigenvalue weighted by atomic mass is 32.1. The normalized spacial score (nSPS) is 16.1. The molecule has 3 amide bonds. The molecule has 0 saturated carbocycles. The van der Waals surface area contributed by atoms with Gasteiger partial charge in [-0.15, -0.1) is 21.5 Å². The van der Waals surface area contributed by atoms with Crippen molar-refractivity contribution in [1.82, 2.24) is 15.2 Å². The summed E-state index contributed by atoms with van der Waals surface area (Å²) in [6.45, 7) is 7.24. The van der Waals surface area contributed by atoms with Crippen molar-refractivity contribution in [3.05, 3.63) is 98.7 Å². The molecule has 3 aromatic heterocycles. The van der Waals surface area contributed by atoms with E-state index in [0.29, 0.717) is 50.3 Å². The van der Waals surface area contributed by atoms with E-state index in [1.807, 2.05) is 26.0 Å². The van der Waals surface area contributed by atoms with E-state index in [1.54, 1.807) is 41.4 Å². The molecule has 0 aliphatic carbocycles. The minimum atomic E-state index is -0.472. The predicted molar refractivity (Wildman–Crippen MR) is 196 cm³/mol. The van der Waals surface area contributed by atoms with Gasteiger partial charge in [0, 0.05) is 66.2 Å². The molecular weight excluding hydrogens is 690 g/mol. The van der Waals surface area contributed by atoms with Crippen LogP contribution in [0, 0.1) is 25.1 Å². The molecule has 2 saturated heterocycles. The molecule has 14 heteroatoms. The molecule has 0 bridgehead atoms. The van der Waals surface area contributed by atoms with Crippen LogP contribution in [-0.2, 0) is 11.2 Å².